The van der Waals surface area contributed by atoms with Gasteiger partial charge in [0.05, 0.1) is 14.2 Å². The molecule has 3 nitrogen and oxygen atoms in total. The molecule has 3 heteroatoms. The van der Waals surface area contributed by atoms with E-state index in [0.717, 1.165) is 16.9 Å². The van der Waals surface area contributed by atoms with Gasteiger partial charge in [-0.2, -0.15) is 0 Å². The van der Waals surface area contributed by atoms with Crippen molar-refractivity contribution in [1.29, 1.82) is 0 Å². The summed E-state index contributed by atoms with van der Waals surface area (Å²) in [7, 11) is 3.14. The highest BCUT2D eigenvalue weighted by atomic mass is 16.5. The number of hydrogen-bond acceptors (Lipinski definition) is 3. The van der Waals surface area contributed by atoms with Gasteiger partial charge in [0, 0.05) is 11.1 Å². The Bertz CT molecular complexity index is 619. The third-order valence-corrected chi connectivity index (χ3v) is 2.62. The quantitative estimate of drug-likeness (QED) is 0.837. The second-order valence-electron chi connectivity index (χ2n) is 3.87. The van der Waals surface area contributed by atoms with Crippen molar-refractivity contribution in [2.24, 2.45) is 0 Å². The maximum absolute atomic E-state index is 9.49. The summed E-state index contributed by atoms with van der Waals surface area (Å²) in [5, 5.41) is 9.49. The number of benzene rings is 2. The van der Waals surface area contributed by atoms with Crippen LogP contribution >= 0.6 is 0 Å². The molecule has 0 unspecified atom stereocenters. The van der Waals surface area contributed by atoms with Gasteiger partial charge in [0.25, 0.3) is 0 Å². The molecule has 19 heavy (non-hydrogen) atoms. The number of phenolic OH excluding ortho intramolecular Hbond substituents is 1. The van der Waals surface area contributed by atoms with E-state index >= 15 is 0 Å². The summed E-state index contributed by atoms with van der Waals surface area (Å²) in [6.45, 7) is 0. The Labute approximate surface area is 112 Å². The lowest BCUT2D eigenvalue weighted by molar-refractivity contribution is 0.373. The first-order valence-electron chi connectivity index (χ1n) is 5.76. The summed E-state index contributed by atoms with van der Waals surface area (Å²) in [6.07, 6.45) is 0. The van der Waals surface area contributed by atoms with E-state index < -0.39 is 0 Å². The zero-order valence-electron chi connectivity index (χ0n) is 10.8. The number of phenols is 1. The molecular formula is C16H14O3. The van der Waals surface area contributed by atoms with Crippen molar-refractivity contribution in [2.45, 2.75) is 0 Å². The maximum atomic E-state index is 9.49. The Kier molecular flexibility index (Phi) is 3.94. The fourth-order valence-electron chi connectivity index (χ4n) is 1.57. The summed E-state index contributed by atoms with van der Waals surface area (Å²) in [5.41, 5.74) is 1.68. The molecule has 0 aliphatic rings. The van der Waals surface area contributed by atoms with Crippen molar-refractivity contribution < 1.29 is 14.6 Å². The summed E-state index contributed by atoms with van der Waals surface area (Å²) < 4.78 is 10.1. The lowest BCUT2D eigenvalue weighted by Crippen LogP contribution is -1.85. The van der Waals surface area contributed by atoms with Gasteiger partial charge in [0.1, 0.15) is 5.75 Å². The molecule has 2 rings (SSSR count). The van der Waals surface area contributed by atoms with Crippen LogP contribution in [0, 0.1) is 11.8 Å². The van der Waals surface area contributed by atoms with E-state index in [1.165, 1.54) is 7.11 Å². The monoisotopic (exact) mass is 254 g/mol. The highest BCUT2D eigenvalue weighted by Gasteiger charge is 2.00. The zero-order valence-corrected chi connectivity index (χ0v) is 10.8. The third kappa shape index (κ3) is 3.20. The molecule has 0 fully saturated rings. The highest BCUT2D eigenvalue weighted by molar-refractivity contribution is 5.50. The number of aromatic hydroxyl groups is 1. The maximum Gasteiger partial charge on any atom is 0.161 e. The third-order valence-electron chi connectivity index (χ3n) is 2.62. The minimum Gasteiger partial charge on any atom is -0.504 e. The first-order chi connectivity index (χ1) is 9.22. The van der Waals surface area contributed by atoms with E-state index in [-0.39, 0.29) is 5.75 Å². The van der Waals surface area contributed by atoms with Crippen LogP contribution in [0.4, 0.5) is 0 Å². The molecule has 1 N–H and O–H groups in total. The van der Waals surface area contributed by atoms with E-state index in [1.54, 1.807) is 25.3 Å². The van der Waals surface area contributed by atoms with Gasteiger partial charge in [0.2, 0.25) is 0 Å². The van der Waals surface area contributed by atoms with Crippen LogP contribution in [0.1, 0.15) is 11.1 Å². The molecular weight excluding hydrogens is 240 g/mol. The van der Waals surface area contributed by atoms with E-state index in [2.05, 4.69) is 11.8 Å². The van der Waals surface area contributed by atoms with Crippen LogP contribution < -0.4 is 9.47 Å². The Morgan fingerprint density at radius 1 is 0.842 bits per heavy atom. The minimum atomic E-state index is 0.109. The van der Waals surface area contributed by atoms with Gasteiger partial charge in [-0.05, 0) is 42.5 Å². The van der Waals surface area contributed by atoms with Crippen LogP contribution in [0.3, 0.4) is 0 Å². The topological polar surface area (TPSA) is 38.7 Å². The summed E-state index contributed by atoms with van der Waals surface area (Å²) >= 11 is 0. The fourth-order valence-corrected chi connectivity index (χ4v) is 1.57. The van der Waals surface area contributed by atoms with Crippen molar-refractivity contribution >= 4 is 0 Å². The van der Waals surface area contributed by atoms with Crippen molar-refractivity contribution in [2.75, 3.05) is 14.2 Å². The molecule has 0 atom stereocenters. The highest BCUT2D eigenvalue weighted by Crippen LogP contribution is 2.25. The standard InChI is InChI=1S/C16H14O3/c1-18-14-8-5-12(6-9-14)3-4-13-7-10-15(17)16(11-13)19-2/h5-11,17H,1-2H3. The van der Waals surface area contributed by atoms with Gasteiger partial charge >= 0.3 is 0 Å². The smallest absolute Gasteiger partial charge is 0.161 e. The molecule has 0 aromatic heterocycles. The van der Waals surface area contributed by atoms with Crippen molar-refractivity contribution in [3.05, 3.63) is 53.6 Å². The normalized spacial score (nSPS) is 9.37. The van der Waals surface area contributed by atoms with Gasteiger partial charge in [-0.3, -0.25) is 0 Å². The molecule has 0 heterocycles. The molecule has 0 saturated carbocycles. The molecule has 0 amide bonds. The van der Waals surface area contributed by atoms with Gasteiger partial charge in [0.15, 0.2) is 11.5 Å². The average molecular weight is 254 g/mol. The summed E-state index contributed by atoms with van der Waals surface area (Å²) in [4.78, 5) is 0. The van der Waals surface area contributed by atoms with E-state index in [1.807, 2.05) is 24.3 Å². The number of rotatable bonds is 2. The molecule has 0 saturated heterocycles. The predicted octanol–water partition coefficient (Wildman–Crippen LogP) is 2.81. The fraction of sp³-hybridized carbons (Fsp3) is 0.125. The second-order valence-corrected chi connectivity index (χ2v) is 3.87. The van der Waals surface area contributed by atoms with Gasteiger partial charge < -0.3 is 14.6 Å². The molecule has 0 aliphatic carbocycles. The average Bonchev–Trinajstić information content (AvgIpc) is 2.47. The minimum absolute atomic E-state index is 0.109. The lowest BCUT2D eigenvalue weighted by Gasteiger charge is -2.02. The van der Waals surface area contributed by atoms with Crippen LogP contribution in [-0.2, 0) is 0 Å². The molecule has 2 aromatic rings. The molecule has 0 spiro atoms. The van der Waals surface area contributed by atoms with Crippen LogP contribution in [0.5, 0.6) is 17.2 Å². The molecule has 0 aliphatic heterocycles. The van der Waals surface area contributed by atoms with Crippen LogP contribution in [0.15, 0.2) is 42.5 Å². The molecule has 0 bridgehead atoms. The summed E-state index contributed by atoms with van der Waals surface area (Å²) in [5.74, 6) is 7.39. The summed E-state index contributed by atoms with van der Waals surface area (Å²) in [6, 6.07) is 12.5. The van der Waals surface area contributed by atoms with Gasteiger partial charge in [-0.25, -0.2) is 0 Å². The SMILES string of the molecule is COc1ccc(C#Cc2ccc(O)c(OC)c2)cc1. The first kappa shape index (κ1) is 12.8. The number of methoxy groups -OCH3 is 2. The Morgan fingerprint density at radius 2 is 1.47 bits per heavy atom. The Morgan fingerprint density at radius 3 is 2.11 bits per heavy atom. The first-order valence-corrected chi connectivity index (χ1v) is 5.76. The van der Waals surface area contributed by atoms with Crippen molar-refractivity contribution in [3.8, 4) is 29.1 Å². The number of hydrogen-bond donors (Lipinski definition) is 1. The van der Waals surface area contributed by atoms with Crippen LogP contribution in [0.2, 0.25) is 0 Å². The molecule has 0 radical (unpaired) electrons. The van der Waals surface area contributed by atoms with Gasteiger partial charge in [-0.15, -0.1) is 0 Å². The van der Waals surface area contributed by atoms with Crippen LogP contribution in [0.25, 0.3) is 0 Å². The Balaban J connectivity index is 2.23. The van der Waals surface area contributed by atoms with E-state index in [4.69, 9.17) is 9.47 Å². The van der Waals surface area contributed by atoms with Crippen molar-refractivity contribution in [3.63, 3.8) is 0 Å². The predicted molar refractivity (Wildman–Crippen MR) is 73.6 cm³/mol. The van der Waals surface area contributed by atoms with Crippen molar-refractivity contribution in [1.82, 2.24) is 0 Å². The largest absolute Gasteiger partial charge is 0.504 e. The molecule has 2 aromatic carbocycles. The van der Waals surface area contributed by atoms with Crippen LogP contribution in [-0.4, -0.2) is 19.3 Å². The van der Waals surface area contributed by atoms with E-state index in [9.17, 15) is 5.11 Å². The van der Waals surface area contributed by atoms with E-state index in [0.29, 0.717) is 5.75 Å². The van der Waals surface area contributed by atoms with Gasteiger partial charge in [-0.1, -0.05) is 11.8 Å². The lowest BCUT2D eigenvalue weighted by atomic mass is 10.1. The number of ether oxygens (including phenoxy) is 2. The zero-order chi connectivity index (χ0) is 13.7. The Hall–Kier alpha value is -2.60. The second kappa shape index (κ2) is 5.83. The molecule has 96 valence electrons.